The summed E-state index contributed by atoms with van der Waals surface area (Å²) in [7, 11) is -9.69. The summed E-state index contributed by atoms with van der Waals surface area (Å²) in [6.07, 6.45) is -2.84. The minimum atomic E-state index is -5.54. The number of benzene rings is 4. The van der Waals surface area contributed by atoms with Crippen molar-refractivity contribution in [2.75, 3.05) is 12.7 Å². The number of ether oxygens (including phenoxy) is 1. The first-order valence-electron chi connectivity index (χ1n) is 20.7. The van der Waals surface area contributed by atoms with Crippen molar-refractivity contribution >= 4 is 50.3 Å². The number of amides is 2. The molecule has 7 rings (SSSR count). The lowest BCUT2D eigenvalue weighted by Crippen LogP contribution is -2.34. The van der Waals surface area contributed by atoms with Crippen molar-refractivity contribution in [3.63, 3.8) is 0 Å². The second-order valence-corrected chi connectivity index (χ2v) is 26.1. The number of aromatic hydroxyl groups is 1. The monoisotopic (exact) mass is 1040 g/mol. The molecular weight excluding hydrogens is 999 g/mol. The molecule has 71 heavy (non-hydrogen) atoms. The topological polar surface area (TPSA) is 388 Å². The summed E-state index contributed by atoms with van der Waals surface area (Å²) in [5.74, 6) is 2.53. The van der Waals surface area contributed by atoms with Crippen LogP contribution in [0.15, 0.2) is 97.8 Å². The molecule has 1 fully saturated rings. The zero-order chi connectivity index (χ0) is 51.2. The number of nitrogens with two attached hydrogens (primary N) is 1. The minimum absolute atomic E-state index is 0.00768. The Morgan fingerprint density at radius 1 is 0.915 bits per heavy atom. The highest BCUT2D eigenvalue weighted by Gasteiger charge is 2.63. The number of carboxylic acid groups (broad SMARTS) is 1. The van der Waals surface area contributed by atoms with E-state index in [-0.39, 0.29) is 100 Å². The highest BCUT2D eigenvalue weighted by atomic mass is 32.5. The van der Waals surface area contributed by atoms with Gasteiger partial charge in [-0.15, -0.1) is 9.35 Å². The SMILES string of the molecule is NCc1ccc(C(=O)NCc2c(O)ccc3c(-c4cc(C(=O)NCC#CCc5cn([C@H]6CC[C@@H](CP(=O)([P+](=O)[O-])P(=O)(OOO)OOO)O6)c(=O)[nH]c5=O)ccc4C(=O)O)c4ccc(=O)cc-4oc23)cc1. The average Bonchev–Trinajstić information content (AvgIpc) is 3.80. The smallest absolute Gasteiger partial charge is 0.491 e. The predicted octanol–water partition coefficient (Wildman–Crippen LogP) is 4.19. The molecule has 2 amide bonds. The van der Waals surface area contributed by atoms with Crippen LogP contribution in [0.25, 0.3) is 33.4 Å². The molecule has 4 atom stereocenters. The van der Waals surface area contributed by atoms with Crippen LogP contribution in [0, 0.1) is 11.8 Å². The van der Waals surface area contributed by atoms with Gasteiger partial charge in [-0.1, -0.05) is 38.6 Å². The molecule has 3 heterocycles. The van der Waals surface area contributed by atoms with Gasteiger partial charge in [0.15, 0.2) is 5.43 Å². The number of nitrogens with zero attached hydrogens (tertiary/aromatic N) is 1. The maximum atomic E-state index is 13.6. The molecule has 1 aromatic heterocycles. The van der Waals surface area contributed by atoms with E-state index in [4.69, 9.17) is 25.4 Å². The number of aromatic carboxylic acids is 1. The summed E-state index contributed by atoms with van der Waals surface area (Å²) >= 11 is 0. The van der Waals surface area contributed by atoms with Crippen molar-refractivity contribution < 1.29 is 82.3 Å². The van der Waals surface area contributed by atoms with Gasteiger partial charge in [0.25, 0.3) is 17.4 Å². The largest absolute Gasteiger partial charge is 0.591 e. The quantitative estimate of drug-likeness (QED) is 0.0197. The van der Waals surface area contributed by atoms with Crippen LogP contribution in [-0.4, -0.2) is 66.9 Å². The van der Waals surface area contributed by atoms with E-state index in [0.717, 1.165) is 16.3 Å². The Bertz CT molecular complexity index is 3390. The van der Waals surface area contributed by atoms with Gasteiger partial charge in [-0.2, -0.15) is 0 Å². The number of rotatable bonds is 18. The number of hydrogen-bond donors (Lipinski definition) is 8. The number of phenols is 1. The summed E-state index contributed by atoms with van der Waals surface area (Å²) in [4.78, 5) is 91.6. The molecule has 2 unspecified atom stereocenters. The van der Waals surface area contributed by atoms with Gasteiger partial charge in [-0.25, -0.2) is 24.7 Å². The third-order valence-corrected chi connectivity index (χ3v) is 22.3. The molecule has 0 saturated carbocycles. The summed E-state index contributed by atoms with van der Waals surface area (Å²) in [5, 5.41) is 50.5. The molecule has 4 aromatic rings. The van der Waals surface area contributed by atoms with Gasteiger partial charge in [-0.3, -0.25) is 33.3 Å². The molecule has 28 heteroatoms. The van der Waals surface area contributed by atoms with Gasteiger partial charge in [0, 0.05) is 58.4 Å². The third-order valence-electron chi connectivity index (χ3n) is 11.1. The molecule has 0 spiro atoms. The zero-order valence-electron chi connectivity index (χ0n) is 36.3. The van der Waals surface area contributed by atoms with Crippen LogP contribution >= 0.6 is 21.5 Å². The van der Waals surface area contributed by atoms with Gasteiger partial charge in [-0.05, 0) is 78.6 Å². The molecule has 9 N–H and O–H groups in total. The van der Waals surface area contributed by atoms with Crippen molar-refractivity contribution in [2.45, 2.75) is 44.7 Å². The first-order valence-corrected chi connectivity index (χ1v) is 26.7. The molecule has 0 bridgehead atoms. The van der Waals surface area contributed by atoms with Crippen molar-refractivity contribution in [2.24, 2.45) is 5.73 Å². The summed E-state index contributed by atoms with van der Waals surface area (Å²) in [6.45, 7) is -5.52. The van der Waals surface area contributed by atoms with Gasteiger partial charge in [0.1, 0.15) is 23.3 Å². The molecule has 3 aliphatic rings. The van der Waals surface area contributed by atoms with Crippen LogP contribution in [0.1, 0.15) is 66.8 Å². The van der Waals surface area contributed by atoms with E-state index in [1.807, 2.05) is 0 Å². The number of H-pyrrole nitrogens is 1. The van der Waals surface area contributed by atoms with Crippen molar-refractivity contribution in [1.82, 2.24) is 20.2 Å². The Morgan fingerprint density at radius 3 is 2.30 bits per heavy atom. The number of nitrogens with one attached hydrogen (secondary N) is 3. The number of carboxylic acids is 1. The van der Waals surface area contributed by atoms with Crippen LogP contribution in [-0.2, 0) is 57.4 Å². The van der Waals surface area contributed by atoms with Gasteiger partial charge in [0.2, 0.25) is 0 Å². The van der Waals surface area contributed by atoms with Crippen LogP contribution in [0.4, 0.5) is 0 Å². The Morgan fingerprint density at radius 2 is 1.62 bits per heavy atom. The predicted molar refractivity (Wildman–Crippen MR) is 244 cm³/mol. The molecule has 0 radical (unpaired) electrons. The lowest BCUT2D eigenvalue weighted by atomic mass is 9.88. The van der Waals surface area contributed by atoms with E-state index in [2.05, 4.69) is 46.9 Å². The van der Waals surface area contributed by atoms with Crippen molar-refractivity contribution in [3.05, 3.63) is 143 Å². The number of aromatic amines is 1. The van der Waals surface area contributed by atoms with Gasteiger partial charge in [0.05, 0.1) is 36.5 Å². The number of carbonyl (C=O) groups excluding carboxylic acids is 2. The molecule has 2 aliphatic heterocycles. The second kappa shape index (κ2) is 22.0. The Kier molecular flexibility index (Phi) is 16.0. The van der Waals surface area contributed by atoms with Gasteiger partial charge >= 0.3 is 33.2 Å². The summed E-state index contributed by atoms with van der Waals surface area (Å²) in [6, 6.07) is 17.0. The van der Waals surface area contributed by atoms with E-state index in [1.165, 1.54) is 48.5 Å². The summed E-state index contributed by atoms with van der Waals surface area (Å²) in [5.41, 5.74) is 4.86. The van der Waals surface area contributed by atoms with Crippen molar-refractivity contribution in [1.29, 1.82) is 0 Å². The normalized spacial score (nSPS) is 15.7. The van der Waals surface area contributed by atoms with Crippen LogP contribution in [0.2, 0.25) is 0 Å². The van der Waals surface area contributed by atoms with E-state index in [9.17, 15) is 57.6 Å². The fourth-order valence-corrected chi connectivity index (χ4v) is 14.9. The van der Waals surface area contributed by atoms with Crippen LogP contribution in [0.3, 0.4) is 0 Å². The maximum Gasteiger partial charge on any atom is 0.491 e. The van der Waals surface area contributed by atoms with E-state index >= 15 is 0 Å². The van der Waals surface area contributed by atoms with E-state index in [0.29, 0.717) is 5.56 Å². The van der Waals surface area contributed by atoms with Crippen LogP contribution < -0.4 is 37.9 Å². The van der Waals surface area contributed by atoms with Gasteiger partial charge < -0.3 is 40.6 Å². The third kappa shape index (κ3) is 11.0. The number of hydrogen-bond acceptors (Lipinski definition) is 20. The number of aromatic nitrogens is 2. The average molecular weight is 1040 g/mol. The highest BCUT2D eigenvalue weighted by molar-refractivity contribution is 8.59. The summed E-state index contributed by atoms with van der Waals surface area (Å²) < 4.78 is 58.6. The Hall–Kier alpha value is -7.00. The molecule has 1 saturated heterocycles. The Balaban J connectivity index is 1.10. The first-order chi connectivity index (χ1) is 33.9. The molecule has 25 nitrogen and oxygen atoms in total. The second-order valence-electron chi connectivity index (χ2n) is 15.4. The van der Waals surface area contributed by atoms with Crippen LogP contribution in [0.5, 0.6) is 5.75 Å². The highest BCUT2D eigenvalue weighted by Crippen LogP contribution is 2.92. The molecule has 1 aliphatic carbocycles. The van der Waals surface area contributed by atoms with E-state index in [1.54, 1.807) is 24.3 Å². The number of carbonyl (C=O) groups is 3. The lowest BCUT2D eigenvalue weighted by Gasteiger charge is -2.20. The zero-order valence-corrected chi connectivity index (χ0v) is 39.0. The fourth-order valence-electron chi connectivity index (χ4n) is 7.64. The standard InChI is InChI=1S/C43H38N5O20P3/c44-19-23-4-6-24(7-5-23)39(51)46-20-33-34(50)14-13-31-37(30-12-9-27(49)18-35(30)64-38(31)33)32-17-25(8-11-29(32)42(54)55)40(52)45-16-2-1-3-26-21-48(43(56)47-41(26)53)36-15-10-28(63-36)22-70(61,69(59)60)71(62,67-65-57)68-66-58/h4-9,11-14,17-18,21,28,36,50,57-58H,3,10,15-16,19-20,22,44H2,(H,45,52)(H,46,51)(H,54,55)(H,47,53,56)/t28-,36+,70?/m0/s1. The van der Waals surface area contributed by atoms with E-state index < -0.39 is 74.5 Å². The minimum Gasteiger partial charge on any atom is -0.591 e. The number of fused-ring (bicyclic) bond motifs is 2. The Labute approximate surface area is 398 Å². The molecule has 370 valence electrons. The molecular formula is C43H38N5O20P3. The molecule has 3 aromatic carbocycles. The number of phenolic OH excluding ortho intramolecular Hbond substituents is 1. The lowest BCUT2D eigenvalue weighted by molar-refractivity contribution is -0.474. The maximum absolute atomic E-state index is 13.6. The van der Waals surface area contributed by atoms with Crippen molar-refractivity contribution in [3.8, 4) is 40.0 Å². The fraction of sp³-hybridized carbons (Fsp3) is 0.209. The first kappa shape index (κ1) is 51.8.